The summed E-state index contributed by atoms with van der Waals surface area (Å²) in [6, 6.07) is 23.0. The molecular weight excluding hydrogens is 375 g/mol. The second-order valence-electron chi connectivity index (χ2n) is 5.88. The van der Waals surface area contributed by atoms with Gasteiger partial charge < -0.3 is 19.3 Å². The molecule has 3 aromatic rings. The number of methoxy groups -OCH3 is 3. The van der Waals surface area contributed by atoms with E-state index >= 15 is 0 Å². The Bertz CT molecular complexity index is 812. The molecule has 0 fully saturated rings. The lowest BCUT2D eigenvalue weighted by Gasteiger charge is -2.28. The van der Waals surface area contributed by atoms with E-state index in [4.69, 9.17) is 18.7 Å². The number of rotatable bonds is 8. The molecule has 0 saturated heterocycles. The van der Waals surface area contributed by atoms with E-state index in [1.807, 2.05) is 72.8 Å². The average Bonchev–Trinajstić information content (AvgIpc) is 2.77. The van der Waals surface area contributed by atoms with Crippen molar-refractivity contribution in [3.05, 3.63) is 72.8 Å². The normalized spacial score (nSPS) is 11.1. The molecule has 0 aromatic heterocycles. The summed E-state index contributed by atoms with van der Waals surface area (Å²) in [5, 5.41) is 12.5. The van der Waals surface area contributed by atoms with Gasteiger partial charge in [0.15, 0.2) is 40.0 Å². The topological polar surface area (TPSA) is 57.2 Å². The summed E-state index contributed by atoms with van der Waals surface area (Å²) < 4.78 is 23.3. The van der Waals surface area contributed by atoms with Gasteiger partial charge in [0, 0.05) is 0 Å². The van der Waals surface area contributed by atoms with Gasteiger partial charge in [-0.15, -0.1) is 0 Å². The van der Waals surface area contributed by atoms with E-state index in [0.29, 0.717) is 17.2 Å². The molecule has 0 unspecified atom stereocenters. The molecule has 0 amide bonds. The number of ether oxygens (including phenoxy) is 3. The van der Waals surface area contributed by atoms with Gasteiger partial charge in [0.05, 0.1) is 21.3 Å². The van der Waals surface area contributed by atoms with Crippen molar-refractivity contribution in [3.8, 4) is 17.2 Å². The second-order valence-corrected chi connectivity index (χ2v) is 8.81. The van der Waals surface area contributed by atoms with Crippen LogP contribution >= 0.6 is 7.49 Å². The molecular formula is C22H24O5P+. The molecule has 146 valence electrons. The highest BCUT2D eigenvalue weighted by molar-refractivity contribution is 7.92. The Kier molecular flexibility index (Phi) is 6.53. The smallest absolute Gasteiger partial charge is 0.257 e. The van der Waals surface area contributed by atoms with E-state index in [9.17, 15) is 5.11 Å². The van der Waals surface area contributed by atoms with Crippen LogP contribution in [0.1, 0.15) is 0 Å². The number of hydrogen-bond donors (Lipinski definition) is 1. The van der Waals surface area contributed by atoms with Crippen LogP contribution in [-0.4, -0.2) is 33.2 Å². The highest BCUT2D eigenvalue weighted by Gasteiger charge is 2.54. The summed E-state index contributed by atoms with van der Waals surface area (Å²) in [6.45, 7) is -0.470. The predicted octanol–water partition coefficient (Wildman–Crippen LogP) is 2.89. The number of benzene rings is 3. The largest absolute Gasteiger partial charge is 0.492 e. The van der Waals surface area contributed by atoms with Crippen LogP contribution in [0.25, 0.3) is 0 Å². The standard InChI is InChI=1S/C22H24O5P/c1-24-17-10-4-7-13-20(17)28(27-16-23,21-14-8-5-11-18(21)25-2)22-15-9-6-12-19(22)26-3/h4-15,23H,16H2,1-3H3/q+1. The fourth-order valence-electron chi connectivity index (χ4n) is 3.35. The summed E-state index contributed by atoms with van der Waals surface area (Å²) in [6.07, 6.45) is 0. The van der Waals surface area contributed by atoms with E-state index in [-0.39, 0.29) is 0 Å². The van der Waals surface area contributed by atoms with E-state index in [1.54, 1.807) is 21.3 Å². The van der Waals surface area contributed by atoms with Crippen LogP contribution in [0.4, 0.5) is 0 Å². The monoisotopic (exact) mass is 399 g/mol. The molecule has 0 atom stereocenters. The fourth-order valence-corrected chi connectivity index (χ4v) is 7.04. The SMILES string of the molecule is COc1ccccc1[P+](OCO)(c1ccccc1OC)c1ccccc1OC. The minimum Gasteiger partial charge on any atom is -0.492 e. The van der Waals surface area contributed by atoms with Gasteiger partial charge >= 0.3 is 0 Å². The van der Waals surface area contributed by atoms with Gasteiger partial charge in [-0.2, -0.15) is 4.52 Å². The van der Waals surface area contributed by atoms with E-state index in [0.717, 1.165) is 15.9 Å². The van der Waals surface area contributed by atoms with Crippen molar-refractivity contribution in [2.75, 3.05) is 28.1 Å². The van der Waals surface area contributed by atoms with Crippen molar-refractivity contribution in [2.45, 2.75) is 0 Å². The molecule has 0 aliphatic heterocycles. The van der Waals surface area contributed by atoms with E-state index < -0.39 is 14.3 Å². The van der Waals surface area contributed by atoms with Crippen LogP contribution in [0.5, 0.6) is 17.2 Å². The summed E-state index contributed by atoms with van der Waals surface area (Å²) >= 11 is 0. The Hall–Kier alpha value is -2.59. The average molecular weight is 399 g/mol. The van der Waals surface area contributed by atoms with Gasteiger partial charge in [0.2, 0.25) is 0 Å². The van der Waals surface area contributed by atoms with Gasteiger partial charge in [-0.05, 0) is 36.4 Å². The molecule has 0 heterocycles. The lowest BCUT2D eigenvalue weighted by atomic mass is 10.3. The zero-order chi connectivity index (χ0) is 20.0. The molecule has 0 aliphatic carbocycles. The Morgan fingerprint density at radius 2 is 0.929 bits per heavy atom. The van der Waals surface area contributed by atoms with Crippen molar-refractivity contribution >= 4 is 23.4 Å². The Balaban J connectivity index is 2.47. The first-order chi connectivity index (χ1) is 13.7. The highest BCUT2D eigenvalue weighted by atomic mass is 31.2. The quantitative estimate of drug-likeness (QED) is 0.466. The molecule has 0 spiro atoms. The number of hydrogen-bond acceptors (Lipinski definition) is 5. The predicted molar refractivity (Wildman–Crippen MR) is 113 cm³/mol. The molecule has 3 rings (SSSR count). The molecule has 28 heavy (non-hydrogen) atoms. The van der Waals surface area contributed by atoms with Crippen molar-refractivity contribution in [1.29, 1.82) is 0 Å². The number of aliphatic hydroxyl groups excluding tert-OH is 1. The molecule has 1 N–H and O–H groups in total. The summed E-state index contributed by atoms with van der Waals surface area (Å²) in [7, 11) is 2.03. The van der Waals surface area contributed by atoms with E-state index in [2.05, 4.69) is 0 Å². The maximum atomic E-state index is 9.96. The Morgan fingerprint density at radius 3 is 1.21 bits per heavy atom. The maximum Gasteiger partial charge on any atom is 0.257 e. The zero-order valence-electron chi connectivity index (χ0n) is 16.2. The third-order valence-corrected chi connectivity index (χ3v) is 8.17. The molecule has 3 aromatic carbocycles. The van der Waals surface area contributed by atoms with Gasteiger partial charge in [0.1, 0.15) is 0 Å². The van der Waals surface area contributed by atoms with Crippen LogP contribution in [0.3, 0.4) is 0 Å². The molecule has 0 saturated carbocycles. The Morgan fingerprint density at radius 1 is 0.607 bits per heavy atom. The molecule has 5 nitrogen and oxygen atoms in total. The molecule has 0 aliphatic rings. The van der Waals surface area contributed by atoms with Crippen molar-refractivity contribution in [2.24, 2.45) is 0 Å². The molecule has 0 radical (unpaired) electrons. The summed E-state index contributed by atoms with van der Waals surface area (Å²) in [5.41, 5.74) is 0. The molecule has 0 bridgehead atoms. The minimum absolute atomic E-state index is 0.470. The van der Waals surface area contributed by atoms with Crippen molar-refractivity contribution < 1.29 is 23.8 Å². The minimum atomic E-state index is -2.84. The molecule has 6 heteroatoms. The lowest BCUT2D eigenvalue weighted by molar-refractivity contribution is 0.111. The first kappa shape index (κ1) is 20.2. The summed E-state index contributed by atoms with van der Waals surface area (Å²) in [5.74, 6) is 2.00. The van der Waals surface area contributed by atoms with Gasteiger partial charge in [-0.25, -0.2) is 0 Å². The van der Waals surface area contributed by atoms with Crippen molar-refractivity contribution in [1.82, 2.24) is 0 Å². The van der Waals surface area contributed by atoms with Crippen LogP contribution in [0, 0.1) is 0 Å². The second kappa shape index (κ2) is 9.07. The van der Waals surface area contributed by atoms with Crippen molar-refractivity contribution in [3.63, 3.8) is 0 Å². The third kappa shape index (κ3) is 3.45. The maximum absolute atomic E-state index is 9.96. The van der Waals surface area contributed by atoms with E-state index in [1.165, 1.54) is 0 Å². The lowest BCUT2D eigenvalue weighted by Crippen LogP contribution is -2.35. The van der Waals surface area contributed by atoms with Crippen LogP contribution in [-0.2, 0) is 4.52 Å². The van der Waals surface area contributed by atoms with Gasteiger partial charge in [0.25, 0.3) is 7.49 Å². The first-order valence-electron chi connectivity index (χ1n) is 8.78. The summed E-state index contributed by atoms with van der Waals surface area (Å²) in [4.78, 5) is 0. The first-order valence-corrected chi connectivity index (χ1v) is 10.5. The highest BCUT2D eigenvalue weighted by Crippen LogP contribution is 2.61. The van der Waals surface area contributed by atoms with Gasteiger partial charge in [-0.1, -0.05) is 36.4 Å². The van der Waals surface area contributed by atoms with Gasteiger partial charge in [-0.3, -0.25) is 0 Å². The van der Waals surface area contributed by atoms with Crippen LogP contribution < -0.4 is 30.1 Å². The number of aliphatic hydroxyl groups is 1. The zero-order valence-corrected chi connectivity index (χ0v) is 17.1. The number of para-hydroxylation sites is 3. The van der Waals surface area contributed by atoms with Crippen LogP contribution in [0.2, 0.25) is 0 Å². The Labute approximate surface area is 165 Å². The van der Waals surface area contributed by atoms with Crippen LogP contribution in [0.15, 0.2) is 72.8 Å². The third-order valence-electron chi connectivity index (χ3n) is 4.52. The fraction of sp³-hybridized carbons (Fsp3) is 0.182.